The Labute approximate surface area is 183 Å². The molecule has 2 N–H and O–H groups in total. The van der Waals surface area contributed by atoms with E-state index in [0.717, 1.165) is 5.69 Å². The third-order valence-electron chi connectivity index (χ3n) is 5.55. The minimum Gasteiger partial charge on any atom is -0.491 e. The molecule has 3 aromatic rings. The predicted molar refractivity (Wildman–Crippen MR) is 113 cm³/mol. The number of esters is 1. The van der Waals surface area contributed by atoms with Gasteiger partial charge in [0, 0.05) is 18.2 Å². The van der Waals surface area contributed by atoms with E-state index in [2.05, 4.69) is 10.1 Å². The van der Waals surface area contributed by atoms with Gasteiger partial charge >= 0.3 is 12.0 Å². The summed E-state index contributed by atoms with van der Waals surface area (Å²) in [6, 6.07) is 6.71. The van der Waals surface area contributed by atoms with Crippen molar-refractivity contribution >= 4 is 12.0 Å². The Morgan fingerprint density at radius 2 is 2.06 bits per heavy atom. The van der Waals surface area contributed by atoms with E-state index in [4.69, 9.17) is 20.3 Å². The van der Waals surface area contributed by atoms with Crippen molar-refractivity contribution in [3.63, 3.8) is 0 Å². The van der Waals surface area contributed by atoms with Crippen molar-refractivity contribution < 1.29 is 19.1 Å². The molecular weight excluding hydrogens is 414 g/mol. The summed E-state index contributed by atoms with van der Waals surface area (Å²) in [5.41, 5.74) is 7.89. The van der Waals surface area contributed by atoms with E-state index < -0.39 is 12.0 Å². The highest BCUT2D eigenvalue weighted by molar-refractivity contribution is 5.91. The number of aromatic nitrogens is 5. The summed E-state index contributed by atoms with van der Waals surface area (Å²) >= 11 is 0. The van der Waals surface area contributed by atoms with Gasteiger partial charge in [-0.25, -0.2) is 23.9 Å². The van der Waals surface area contributed by atoms with Gasteiger partial charge in [-0.1, -0.05) is 0 Å². The Morgan fingerprint density at radius 3 is 2.81 bits per heavy atom. The monoisotopic (exact) mass is 437 g/mol. The highest BCUT2D eigenvalue weighted by Gasteiger charge is 2.33. The maximum absolute atomic E-state index is 12.7. The van der Waals surface area contributed by atoms with Crippen LogP contribution in [-0.2, 0) is 11.2 Å². The van der Waals surface area contributed by atoms with Gasteiger partial charge in [-0.3, -0.25) is 0 Å². The fraction of sp³-hybridized carbons (Fsp3) is 0.381. The SMILES string of the molecule is CC(C)n1ncnc1-c1cc2n(n1)-c1cc(C(=O)OC3CN(C(N)=O)C3)ccc1OCC2. The number of fused-ring (bicyclic) bond motifs is 3. The van der Waals surface area contributed by atoms with Crippen LogP contribution in [0.5, 0.6) is 5.75 Å². The number of amides is 2. The van der Waals surface area contributed by atoms with Crippen LogP contribution >= 0.6 is 0 Å². The first-order valence-electron chi connectivity index (χ1n) is 10.4. The van der Waals surface area contributed by atoms with Crippen LogP contribution in [0.1, 0.15) is 35.9 Å². The van der Waals surface area contributed by atoms with E-state index in [-0.39, 0.29) is 12.1 Å². The molecule has 11 heteroatoms. The number of carbonyl (C=O) groups excluding carboxylic acids is 2. The number of hydrogen-bond donors (Lipinski definition) is 1. The number of urea groups is 1. The maximum Gasteiger partial charge on any atom is 0.338 e. The lowest BCUT2D eigenvalue weighted by Crippen LogP contribution is -2.57. The first kappa shape index (κ1) is 20.0. The Bertz CT molecular complexity index is 1190. The van der Waals surface area contributed by atoms with Gasteiger partial charge in [0.2, 0.25) is 0 Å². The lowest BCUT2D eigenvalue weighted by molar-refractivity contribution is -0.0148. The molecule has 1 fully saturated rings. The van der Waals surface area contributed by atoms with E-state index in [0.29, 0.717) is 54.6 Å². The van der Waals surface area contributed by atoms with Crippen molar-refractivity contribution in [1.29, 1.82) is 0 Å². The van der Waals surface area contributed by atoms with Gasteiger partial charge in [0.25, 0.3) is 0 Å². The average molecular weight is 437 g/mol. The van der Waals surface area contributed by atoms with Crippen LogP contribution in [-0.4, -0.2) is 67.2 Å². The molecule has 5 rings (SSSR count). The van der Waals surface area contributed by atoms with Gasteiger partial charge in [-0.15, -0.1) is 0 Å². The van der Waals surface area contributed by atoms with Crippen LogP contribution in [0.15, 0.2) is 30.6 Å². The normalized spacial score (nSPS) is 15.4. The minimum absolute atomic E-state index is 0.142. The van der Waals surface area contributed by atoms with Gasteiger partial charge < -0.3 is 20.1 Å². The molecule has 0 spiro atoms. The zero-order valence-corrected chi connectivity index (χ0v) is 17.8. The third-order valence-corrected chi connectivity index (χ3v) is 5.55. The summed E-state index contributed by atoms with van der Waals surface area (Å²) < 4.78 is 15.0. The Hall–Kier alpha value is -3.89. The number of hydrogen-bond acceptors (Lipinski definition) is 7. The number of carbonyl (C=O) groups is 2. The summed E-state index contributed by atoms with van der Waals surface area (Å²) in [4.78, 5) is 29.6. The molecule has 1 saturated heterocycles. The maximum atomic E-state index is 12.7. The van der Waals surface area contributed by atoms with Crippen molar-refractivity contribution in [3.8, 4) is 23.0 Å². The minimum atomic E-state index is -0.519. The smallest absolute Gasteiger partial charge is 0.338 e. The molecule has 0 unspecified atom stereocenters. The molecule has 0 aliphatic carbocycles. The number of nitrogens with two attached hydrogens (primary N) is 1. The molecule has 0 radical (unpaired) electrons. The average Bonchev–Trinajstić information content (AvgIpc) is 3.34. The van der Waals surface area contributed by atoms with Crippen LogP contribution in [0.25, 0.3) is 17.2 Å². The Balaban J connectivity index is 1.44. The van der Waals surface area contributed by atoms with Crippen molar-refractivity contribution in [2.24, 2.45) is 5.73 Å². The Morgan fingerprint density at radius 1 is 1.25 bits per heavy atom. The lowest BCUT2D eigenvalue weighted by Gasteiger charge is -2.36. The molecule has 4 heterocycles. The summed E-state index contributed by atoms with van der Waals surface area (Å²) in [6.45, 7) is 5.16. The topological polar surface area (TPSA) is 130 Å². The summed E-state index contributed by atoms with van der Waals surface area (Å²) in [6.07, 6.45) is 1.81. The summed E-state index contributed by atoms with van der Waals surface area (Å²) in [7, 11) is 0. The van der Waals surface area contributed by atoms with E-state index in [9.17, 15) is 9.59 Å². The molecule has 2 aliphatic rings. The zero-order chi connectivity index (χ0) is 22.4. The molecule has 0 atom stereocenters. The van der Waals surface area contributed by atoms with E-state index in [1.165, 1.54) is 11.2 Å². The standard InChI is InChI=1S/C21H23N7O4/c1-12(2)27-19(23-11-24-27)16-8-14-5-6-31-18-4-3-13(7-17(18)28(14)25-16)20(29)32-15-9-26(10-15)21(22)30/h3-4,7-8,11-12,15H,5-6,9-10H2,1-2H3,(H2,22,30). The van der Waals surface area contributed by atoms with Crippen LogP contribution < -0.4 is 10.5 Å². The fourth-order valence-electron chi connectivity index (χ4n) is 3.84. The van der Waals surface area contributed by atoms with E-state index >= 15 is 0 Å². The van der Waals surface area contributed by atoms with Crippen LogP contribution in [0.4, 0.5) is 4.79 Å². The van der Waals surface area contributed by atoms with Crippen LogP contribution in [0, 0.1) is 0 Å². The van der Waals surface area contributed by atoms with Crippen molar-refractivity contribution in [2.45, 2.75) is 32.4 Å². The molecule has 1 aromatic carbocycles. The lowest BCUT2D eigenvalue weighted by atomic mass is 10.1. The summed E-state index contributed by atoms with van der Waals surface area (Å²) in [5, 5.41) is 9.05. The highest BCUT2D eigenvalue weighted by Crippen LogP contribution is 2.31. The van der Waals surface area contributed by atoms with E-state index in [1.54, 1.807) is 22.9 Å². The van der Waals surface area contributed by atoms with Gasteiger partial charge in [-0.2, -0.15) is 10.2 Å². The second-order valence-electron chi connectivity index (χ2n) is 8.11. The second kappa shape index (κ2) is 7.66. The number of benzene rings is 1. The van der Waals surface area contributed by atoms with Crippen molar-refractivity contribution in [2.75, 3.05) is 19.7 Å². The van der Waals surface area contributed by atoms with Crippen LogP contribution in [0.2, 0.25) is 0 Å². The quantitative estimate of drug-likeness (QED) is 0.613. The number of rotatable bonds is 4. The fourth-order valence-corrected chi connectivity index (χ4v) is 3.84. The van der Waals surface area contributed by atoms with Crippen LogP contribution in [0.3, 0.4) is 0 Å². The first-order chi connectivity index (χ1) is 15.4. The van der Waals surface area contributed by atoms with E-state index in [1.807, 2.05) is 24.6 Å². The molecule has 2 aromatic heterocycles. The molecule has 0 saturated carbocycles. The summed E-state index contributed by atoms with van der Waals surface area (Å²) in [5.74, 6) is 0.839. The molecule has 0 bridgehead atoms. The second-order valence-corrected chi connectivity index (χ2v) is 8.11. The van der Waals surface area contributed by atoms with Gasteiger partial charge in [0.05, 0.1) is 25.3 Å². The zero-order valence-electron chi connectivity index (χ0n) is 17.8. The number of primary amides is 1. The highest BCUT2D eigenvalue weighted by atomic mass is 16.5. The molecule has 32 heavy (non-hydrogen) atoms. The molecule has 11 nitrogen and oxygen atoms in total. The number of ether oxygens (including phenoxy) is 2. The molecule has 2 aliphatic heterocycles. The van der Waals surface area contributed by atoms with Crippen molar-refractivity contribution in [1.82, 2.24) is 29.4 Å². The molecule has 2 amide bonds. The Kier molecular flexibility index (Phi) is 4.80. The van der Waals surface area contributed by atoms with Gasteiger partial charge in [0.1, 0.15) is 29.6 Å². The largest absolute Gasteiger partial charge is 0.491 e. The number of nitrogens with zero attached hydrogens (tertiary/aromatic N) is 6. The third kappa shape index (κ3) is 3.45. The van der Waals surface area contributed by atoms with Gasteiger partial charge in [-0.05, 0) is 38.1 Å². The first-order valence-corrected chi connectivity index (χ1v) is 10.4. The molecular formula is C21H23N7O4. The molecule has 166 valence electrons. The predicted octanol–water partition coefficient (Wildman–Crippen LogP) is 1.57. The van der Waals surface area contributed by atoms with Crippen molar-refractivity contribution in [3.05, 3.63) is 41.9 Å². The van der Waals surface area contributed by atoms with Gasteiger partial charge in [0.15, 0.2) is 5.82 Å². The number of likely N-dealkylation sites (tertiary alicyclic amines) is 1.